The van der Waals surface area contributed by atoms with E-state index in [1.165, 1.54) is 18.2 Å². The van der Waals surface area contributed by atoms with Crippen LogP contribution in [0.15, 0.2) is 24.3 Å². The number of anilines is 1. The van der Waals surface area contributed by atoms with E-state index in [0.717, 1.165) is 0 Å². The summed E-state index contributed by atoms with van der Waals surface area (Å²) in [6.07, 6.45) is 1.36. The number of rotatable bonds is 3. The average molecular weight is 267 g/mol. The number of carbonyl (C=O) groups excluding carboxylic acids is 1. The van der Waals surface area contributed by atoms with Crippen molar-refractivity contribution in [2.24, 2.45) is 5.73 Å². The number of amides is 2. The summed E-state index contributed by atoms with van der Waals surface area (Å²) in [5.41, 5.74) is 5.72. The van der Waals surface area contributed by atoms with Crippen molar-refractivity contribution < 1.29 is 13.9 Å². The minimum atomic E-state index is -0.435. The number of benzene rings is 1. The van der Waals surface area contributed by atoms with Gasteiger partial charge in [0.15, 0.2) is 0 Å². The number of halogens is 1. The van der Waals surface area contributed by atoms with Crippen molar-refractivity contribution in [3.63, 3.8) is 0 Å². The number of ether oxygens (including phenoxy) is 1. The Morgan fingerprint density at radius 3 is 2.79 bits per heavy atom. The normalized spacial score (nSPS) is 17.8. The first-order valence-electron chi connectivity index (χ1n) is 6.26. The second kappa shape index (κ2) is 5.99. The molecule has 1 aromatic rings. The van der Waals surface area contributed by atoms with E-state index in [-0.39, 0.29) is 6.03 Å². The van der Waals surface area contributed by atoms with Crippen molar-refractivity contribution in [2.45, 2.75) is 18.4 Å². The van der Waals surface area contributed by atoms with E-state index in [1.807, 2.05) is 0 Å². The fourth-order valence-electron chi connectivity index (χ4n) is 2.11. The molecule has 0 bridgehead atoms. The topological polar surface area (TPSA) is 76.4 Å². The number of urea groups is 1. The molecule has 0 spiro atoms. The van der Waals surface area contributed by atoms with Crippen molar-refractivity contribution in [3.8, 4) is 0 Å². The highest BCUT2D eigenvalue weighted by atomic mass is 19.1. The lowest BCUT2D eigenvalue weighted by Crippen LogP contribution is -2.57. The minimum absolute atomic E-state index is 0.354. The number of nitrogens with one attached hydrogen (secondary N) is 2. The molecule has 0 radical (unpaired) electrons. The Labute approximate surface area is 111 Å². The van der Waals surface area contributed by atoms with Gasteiger partial charge in [-0.1, -0.05) is 6.07 Å². The molecule has 1 aromatic carbocycles. The third kappa shape index (κ3) is 3.65. The van der Waals surface area contributed by atoms with Gasteiger partial charge in [-0.05, 0) is 31.0 Å². The summed E-state index contributed by atoms with van der Waals surface area (Å²) in [5.74, 6) is -0.391. The van der Waals surface area contributed by atoms with Crippen LogP contribution in [0.3, 0.4) is 0 Å². The van der Waals surface area contributed by atoms with Gasteiger partial charge in [0.1, 0.15) is 5.82 Å². The lowest BCUT2D eigenvalue weighted by Gasteiger charge is -2.36. The van der Waals surface area contributed by atoms with Crippen LogP contribution in [-0.4, -0.2) is 31.3 Å². The Kier molecular flexibility index (Phi) is 4.34. The van der Waals surface area contributed by atoms with Crippen LogP contribution in [0.1, 0.15) is 12.8 Å². The van der Waals surface area contributed by atoms with E-state index in [1.54, 1.807) is 6.07 Å². The third-order valence-electron chi connectivity index (χ3n) is 3.30. The van der Waals surface area contributed by atoms with Crippen molar-refractivity contribution in [3.05, 3.63) is 30.1 Å². The summed E-state index contributed by atoms with van der Waals surface area (Å²) in [6.45, 7) is 1.52. The zero-order valence-corrected chi connectivity index (χ0v) is 10.6. The molecule has 1 aliphatic heterocycles. The molecule has 6 heteroatoms. The van der Waals surface area contributed by atoms with Crippen molar-refractivity contribution >= 4 is 11.7 Å². The maximum atomic E-state index is 13.0. The Morgan fingerprint density at radius 2 is 2.16 bits per heavy atom. The predicted molar refractivity (Wildman–Crippen MR) is 70.4 cm³/mol. The Balaban J connectivity index is 1.96. The second-order valence-electron chi connectivity index (χ2n) is 4.69. The molecule has 1 heterocycles. The molecule has 5 nitrogen and oxygen atoms in total. The highest BCUT2D eigenvalue weighted by Crippen LogP contribution is 2.19. The molecule has 1 saturated heterocycles. The van der Waals surface area contributed by atoms with Gasteiger partial charge in [0, 0.05) is 25.4 Å². The van der Waals surface area contributed by atoms with E-state index >= 15 is 0 Å². The van der Waals surface area contributed by atoms with Crippen LogP contribution in [0.5, 0.6) is 0 Å². The Morgan fingerprint density at radius 1 is 1.42 bits per heavy atom. The molecule has 19 heavy (non-hydrogen) atoms. The van der Waals surface area contributed by atoms with Crippen LogP contribution in [0, 0.1) is 5.82 Å². The van der Waals surface area contributed by atoms with Crippen molar-refractivity contribution in [1.82, 2.24) is 5.32 Å². The minimum Gasteiger partial charge on any atom is -0.381 e. The first-order valence-corrected chi connectivity index (χ1v) is 6.26. The van der Waals surface area contributed by atoms with Crippen LogP contribution >= 0.6 is 0 Å². The molecule has 0 aliphatic carbocycles. The fraction of sp³-hybridized carbons (Fsp3) is 0.462. The molecule has 0 aromatic heterocycles. The lowest BCUT2D eigenvalue weighted by atomic mass is 9.90. The zero-order valence-electron chi connectivity index (χ0n) is 10.6. The fourth-order valence-corrected chi connectivity index (χ4v) is 2.11. The summed E-state index contributed by atoms with van der Waals surface area (Å²) in [5, 5.41) is 5.48. The van der Waals surface area contributed by atoms with Crippen LogP contribution in [0.4, 0.5) is 14.9 Å². The van der Waals surface area contributed by atoms with Gasteiger partial charge in [0.2, 0.25) is 0 Å². The SMILES string of the molecule is NCC1(NC(=O)Nc2cccc(F)c2)CCOCC1. The van der Waals surface area contributed by atoms with Crippen LogP contribution in [-0.2, 0) is 4.74 Å². The van der Waals surface area contributed by atoms with E-state index in [9.17, 15) is 9.18 Å². The smallest absolute Gasteiger partial charge is 0.319 e. The number of hydrogen-bond donors (Lipinski definition) is 3. The zero-order chi connectivity index (χ0) is 13.7. The van der Waals surface area contributed by atoms with E-state index in [0.29, 0.717) is 38.3 Å². The predicted octanol–water partition coefficient (Wildman–Crippen LogP) is 1.46. The van der Waals surface area contributed by atoms with Gasteiger partial charge in [0.05, 0.1) is 5.54 Å². The first-order chi connectivity index (χ1) is 9.13. The number of carbonyl (C=O) groups is 1. The molecule has 1 aliphatic rings. The van der Waals surface area contributed by atoms with Gasteiger partial charge in [-0.2, -0.15) is 0 Å². The van der Waals surface area contributed by atoms with Crippen molar-refractivity contribution in [2.75, 3.05) is 25.1 Å². The third-order valence-corrected chi connectivity index (χ3v) is 3.30. The standard InChI is InChI=1S/C13H18FN3O2/c14-10-2-1-3-11(8-10)16-12(18)17-13(9-15)4-6-19-7-5-13/h1-3,8H,4-7,9,15H2,(H2,16,17,18). The van der Waals surface area contributed by atoms with Crippen molar-refractivity contribution in [1.29, 1.82) is 0 Å². The monoisotopic (exact) mass is 267 g/mol. The van der Waals surface area contributed by atoms with Crippen LogP contribution in [0.25, 0.3) is 0 Å². The summed E-state index contributed by atoms with van der Waals surface area (Å²) >= 11 is 0. The average Bonchev–Trinajstić information content (AvgIpc) is 2.39. The maximum Gasteiger partial charge on any atom is 0.319 e. The molecule has 0 atom stereocenters. The summed E-state index contributed by atoms with van der Waals surface area (Å²) in [7, 11) is 0. The summed E-state index contributed by atoms with van der Waals surface area (Å²) in [6, 6.07) is 5.37. The Bertz CT molecular complexity index is 447. The molecule has 4 N–H and O–H groups in total. The molecule has 0 saturated carbocycles. The van der Waals surface area contributed by atoms with Gasteiger partial charge in [-0.15, -0.1) is 0 Å². The van der Waals surface area contributed by atoms with Gasteiger partial charge in [0.25, 0.3) is 0 Å². The summed E-state index contributed by atoms with van der Waals surface area (Å²) in [4.78, 5) is 11.9. The molecule has 1 fully saturated rings. The van der Waals surface area contributed by atoms with E-state index in [4.69, 9.17) is 10.5 Å². The molecule has 2 rings (SSSR count). The number of hydrogen-bond acceptors (Lipinski definition) is 3. The van der Waals surface area contributed by atoms with Gasteiger partial charge in [-0.25, -0.2) is 9.18 Å². The second-order valence-corrected chi connectivity index (χ2v) is 4.69. The molecular weight excluding hydrogens is 249 g/mol. The lowest BCUT2D eigenvalue weighted by molar-refractivity contribution is 0.0463. The largest absolute Gasteiger partial charge is 0.381 e. The first kappa shape index (κ1) is 13.8. The molecule has 0 unspecified atom stereocenters. The van der Waals surface area contributed by atoms with Gasteiger partial charge in [-0.3, -0.25) is 0 Å². The van der Waals surface area contributed by atoms with Gasteiger partial charge < -0.3 is 21.1 Å². The van der Waals surface area contributed by atoms with Crippen LogP contribution < -0.4 is 16.4 Å². The molecular formula is C13H18FN3O2. The quantitative estimate of drug-likeness (QED) is 0.776. The van der Waals surface area contributed by atoms with E-state index in [2.05, 4.69) is 10.6 Å². The highest BCUT2D eigenvalue weighted by molar-refractivity contribution is 5.89. The molecule has 2 amide bonds. The molecule has 104 valence electrons. The van der Waals surface area contributed by atoms with E-state index < -0.39 is 11.4 Å². The summed E-state index contributed by atoms with van der Waals surface area (Å²) < 4.78 is 18.3. The number of nitrogens with two attached hydrogens (primary N) is 1. The van der Waals surface area contributed by atoms with Gasteiger partial charge >= 0.3 is 6.03 Å². The Hall–Kier alpha value is -1.66. The maximum absolute atomic E-state index is 13.0. The highest BCUT2D eigenvalue weighted by Gasteiger charge is 2.32. The van der Waals surface area contributed by atoms with Crippen LogP contribution in [0.2, 0.25) is 0 Å².